The normalized spacial score (nSPS) is 10.7. The van der Waals surface area contributed by atoms with Crippen molar-refractivity contribution >= 4 is 17.6 Å². The minimum Gasteiger partial charge on any atom is -0.352 e. The molecule has 0 unspecified atom stereocenters. The zero-order valence-electron chi connectivity index (χ0n) is 18.2. The van der Waals surface area contributed by atoms with Crippen LogP contribution in [0.2, 0.25) is 0 Å². The summed E-state index contributed by atoms with van der Waals surface area (Å²) in [6, 6.07) is 16.6. The van der Waals surface area contributed by atoms with E-state index in [-0.39, 0.29) is 18.0 Å². The lowest BCUT2D eigenvalue weighted by Gasteiger charge is -2.10. The van der Waals surface area contributed by atoms with Crippen molar-refractivity contribution in [2.75, 3.05) is 11.9 Å². The molecule has 0 aliphatic carbocycles. The van der Waals surface area contributed by atoms with Crippen LogP contribution < -0.4 is 16.0 Å². The Hall–Kier alpha value is -3.61. The van der Waals surface area contributed by atoms with E-state index in [0.29, 0.717) is 17.8 Å². The van der Waals surface area contributed by atoms with Crippen LogP contribution in [0.3, 0.4) is 0 Å². The average molecular weight is 420 g/mol. The molecule has 0 spiro atoms. The Kier molecular flexibility index (Phi) is 7.43. The maximum atomic E-state index is 12.4. The lowest BCUT2D eigenvalue weighted by Crippen LogP contribution is -2.34. The van der Waals surface area contributed by atoms with Gasteiger partial charge in [-0.3, -0.25) is 4.79 Å². The smallest absolute Gasteiger partial charge is 0.319 e. The van der Waals surface area contributed by atoms with Crippen molar-refractivity contribution in [2.45, 2.75) is 39.7 Å². The largest absolute Gasteiger partial charge is 0.352 e. The van der Waals surface area contributed by atoms with E-state index < -0.39 is 0 Å². The minimum atomic E-state index is -0.266. The van der Waals surface area contributed by atoms with Gasteiger partial charge in [-0.25, -0.2) is 9.48 Å². The van der Waals surface area contributed by atoms with Gasteiger partial charge < -0.3 is 16.0 Å². The maximum Gasteiger partial charge on any atom is 0.319 e. The number of nitrogens with zero attached hydrogens (tertiary/aromatic N) is 2. The fraction of sp³-hybridized carbons (Fsp3) is 0.292. The van der Waals surface area contributed by atoms with Gasteiger partial charge in [0.1, 0.15) is 0 Å². The first kappa shape index (κ1) is 22.1. The second-order valence-corrected chi connectivity index (χ2v) is 7.71. The molecule has 0 saturated carbocycles. The number of para-hydroxylation sites is 1. The van der Waals surface area contributed by atoms with Crippen LogP contribution >= 0.6 is 0 Å². The molecule has 31 heavy (non-hydrogen) atoms. The van der Waals surface area contributed by atoms with Crippen molar-refractivity contribution in [3.63, 3.8) is 0 Å². The predicted molar refractivity (Wildman–Crippen MR) is 123 cm³/mol. The summed E-state index contributed by atoms with van der Waals surface area (Å²) < 4.78 is 1.89. The number of nitrogens with one attached hydrogen (secondary N) is 3. The van der Waals surface area contributed by atoms with E-state index in [2.05, 4.69) is 21.0 Å². The zero-order valence-corrected chi connectivity index (χ0v) is 18.2. The number of urea groups is 1. The van der Waals surface area contributed by atoms with Gasteiger partial charge in [0.15, 0.2) is 0 Å². The number of aryl methyl sites for hydroxylation is 2. The highest BCUT2D eigenvalue weighted by Gasteiger charge is 2.09. The number of amides is 3. The third-order valence-corrected chi connectivity index (χ3v) is 4.75. The van der Waals surface area contributed by atoms with Crippen LogP contribution in [0.4, 0.5) is 10.5 Å². The number of hydrogen-bond donors (Lipinski definition) is 3. The lowest BCUT2D eigenvalue weighted by molar-refractivity contribution is 0.0953. The third kappa shape index (κ3) is 6.44. The second-order valence-electron chi connectivity index (χ2n) is 7.71. The van der Waals surface area contributed by atoms with Gasteiger partial charge in [0.2, 0.25) is 0 Å². The molecule has 0 atom stereocenters. The van der Waals surface area contributed by atoms with Crippen molar-refractivity contribution in [1.29, 1.82) is 0 Å². The quantitative estimate of drug-likeness (QED) is 0.481. The Bertz CT molecular complexity index is 1010. The standard InChI is InChI=1S/C24H29N5O2/c1-17(2)26-24(31)27-21-13-11-19(12-14-21)23(30)25-15-7-8-20-16-29(28-18(20)3)22-9-5-4-6-10-22/h4-6,9-14,16-17H,7-8,15H2,1-3H3,(H,25,30)(H2,26,27,31). The highest BCUT2D eigenvalue weighted by atomic mass is 16.2. The number of aromatic nitrogens is 2. The molecule has 3 rings (SSSR count). The SMILES string of the molecule is Cc1nn(-c2ccccc2)cc1CCCNC(=O)c1ccc(NC(=O)NC(C)C)cc1. The van der Waals surface area contributed by atoms with Gasteiger partial charge in [-0.2, -0.15) is 5.10 Å². The van der Waals surface area contributed by atoms with E-state index in [1.54, 1.807) is 24.3 Å². The molecule has 7 nitrogen and oxygen atoms in total. The topological polar surface area (TPSA) is 88.1 Å². The van der Waals surface area contributed by atoms with Gasteiger partial charge in [-0.15, -0.1) is 0 Å². The van der Waals surface area contributed by atoms with E-state index in [4.69, 9.17) is 0 Å². The fourth-order valence-corrected chi connectivity index (χ4v) is 3.17. The van der Waals surface area contributed by atoms with Gasteiger partial charge in [-0.1, -0.05) is 18.2 Å². The zero-order chi connectivity index (χ0) is 22.2. The summed E-state index contributed by atoms with van der Waals surface area (Å²) in [5, 5.41) is 13.0. The van der Waals surface area contributed by atoms with Crippen molar-refractivity contribution < 1.29 is 9.59 Å². The molecule has 2 aromatic carbocycles. The molecule has 3 N–H and O–H groups in total. The average Bonchev–Trinajstić information content (AvgIpc) is 3.12. The molecule has 3 aromatic rings. The number of carbonyl (C=O) groups is 2. The van der Waals surface area contributed by atoms with Gasteiger partial charge in [-0.05, 0) is 75.6 Å². The van der Waals surface area contributed by atoms with E-state index in [0.717, 1.165) is 24.2 Å². The number of carbonyl (C=O) groups excluding carboxylic acids is 2. The molecular formula is C24H29N5O2. The molecule has 0 saturated heterocycles. The number of hydrogen-bond acceptors (Lipinski definition) is 3. The van der Waals surface area contributed by atoms with E-state index in [9.17, 15) is 9.59 Å². The Morgan fingerprint density at radius 1 is 1.03 bits per heavy atom. The first-order chi connectivity index (χ1) is 14.9. The first-order valence-electron chi connectivity index (χ1n) is 10.5. The molecule has 0 fully saturated rings. The molecule has 0 radical (unpaired) electrons. The van der Waals surface area contributed by atoms with E-state index >= 15 is 0 Å². The molecule has 0 aliphatic rings. The summed E-state index contributed by atoms with van der Waals surface area (Å²) in [6.07, 6.45) is 3.71. The minimum absolute atomic E-state index is 0.0570. The van der Waals surface area contributed by atoms with Gasteiger partial charge in [0.05, 0.1) is 11.4 Å². The summed E-state index contributed by atoms with van der Waals surface area (Å²) in [7, 11) is 0. The Morgan fingerprint density at radius 3 is 2.42 bits per heavy atom. The van der Waals surface area contributed by atoms with Gasteiger partial charge in [0, 0.05) is 30.0 Å². The predicted octanol–water partition coefficient (Wildman–Crippen LogP) is 4.07. The molecular weight excluding hydrogens is 390 g/mol. The summed E-state index contributed by atoms with van der Waals surface area (Å²) in [5.41, 5.74) is 4.40. The lowest BCUT2D eigenvalue weighted by atomic mass is 10.1. The van der Waals surface area contributed by atoms with Crippen LogP contribution in [-0.4, -0.2) is 34.3 Å². The van der Waals surface area contributed by atoms with Crippen LogP contribution in [0.15, 0.2) is 60.8 Å². The van der Waals surface area contributed by atoms with Crippen LogP contribution in [0.1, 0.15) is 41.9 Å². The number of anilines is 1. The maximum absolute atomic E-state index is 12.4. The van der Waals surface area contributed by atoms with E-state index in [1.807, 2.05) is 62.0 Å². The molecule has 7 heteroatoms. The summed E-state index contributed by atoms with van der Waals surface area (Å²) >= 11 is 0. The number of rotatable bonds is 8. The molecule has 1 aromatic heterocycles. The summed E-state index contributed by atoms with van der Waals surface area (Å²) in [6.45, 7) is 6.36. The Morgan fingerprint density at radius 2 is 1.74 bits per heavy atom. The van der Waals surface area contributed by atoms with Crippen molar-refractivity contribution in [3.05, 3.63) is 77.6 Å². The van der Waals surface area contributed by atoms with Crippen LogP contribution in [0.25, 0.3) is 5.69 Å². The van der Waals surface area contributed by atoms with Crippen molar-refractivity contribution in [2.24, 2.45) is 0 Å². The van der Waals surface area contributed by atoms with Crippen molar-refractivity contribution in [1.82, 2.24) is 20.4 Å². The third-order valence-electron chi connectivity index (χ3n) is 4.75. The summed E-state index contributed by atoms with van der Waals surface area (Å²) in [4.78, 5) is 24.1. The first-order valence-corrected chi connectivity index (χ1v) is 10.5. The second kappa shape index (κ2) is 10.4. The molecule has 0 aliphatic heterocycles. The fourth-order valence-electron chi connectivity index (χ4n) is 3.17. The monoisotopic (exact) mass is 419 g/mol. The highest BCUT2D eigenvalue weighted by molar-refractivity contribution is 5.95. The van der Waals surface area contributed by atoms with Crippen LogP contribution in [-0.2, 0) is 6.42 Å². The number of benzene rings is 2. The Balaban J connectivity index is 1.45. The molecule has 3 amide bonds. The highest BCUT2D eigenvalue weighted by Crippen LogP contribution is 2.13. The molecule has 0 bridgehead atoms. The van der Waals surface area contributed by atoms with Crippen LogP contribution in [0.5, 0.6) is 0 Å². The Labute approximate surface area is 182 Å². The van der Waals surface area contributed by atoms with Crippen LogP contribution in [0, 0.1) is 6.92 Å². The van der Waals surface area contributed by atoms with E-state index in [1.165, 1.54) is 5.56 Å². The molecule has 162 valence electrons. The molecule has 1 heterocycles. The van der Waals surface area contributed by atoms with Gasteiger partial charge in [0.25, 0.3) is 5.91 Å². The summed E-state index contributed by atoms with van der Waals surface area (Å²) in [5.74, 6) is -0.130. The van der Waals surface area contributed by atoms with Crippen molar-refractivity contribution in [3.8, 4) is 5.69 Å². The van der Waals surface area contributed by atoms with Gasteiger partial charge >= 0.3 is 6.03 Å².